The predicted molar refractivity (Wildman–Crippen MR) is 57.9 cm³/mol. The van der Waals surface area contributed by atoms with E-state index in [4.69, 9.17) is 4.74 Å². The molecule has 2 heterocycles. The number of alkyl halides is 2. The summed E-state index contributed by atoms with van der Waals surface area (Å²) < 4.78 is 30.8. The maximum atomic E-state index is 12.7. The van der Waals surface area contributed by atoms with Crippen LogP contribution in [0.1, 0.15) is 13.3 Å². The molecule has 2 rings (SSSR count). The van der Waals surface area contributed by atoms with Crippen LogP contribution in [0.25, 0.3) is 0 Å². The van der Waals surface area contributed by atoms with Crippen molar-refractivity contribution in [1.82, 2.24) is 10.6 Å². The van der Waals surface area contributed by atoms with Gasteiger partial charge >= 0.3 is 0 Å². The van der Waals surface area contributed by atoms with Gasteiger partial charge in [-0.2, -0.15) is 0 Å². The third-order valence-corrected chi connectivity index (χ3v) is 3.59. The molecule has 2 aliphatic rings. The van der Waals surface area contributed by atoms with Gasteiger partial charge in [0.1, 0.15) is 0 Å². The topological polar surface area (TPSA) is 50.4 Å². The first kappa shape index (κ1) is 12.7. The predicted octanol–water partition coefficient (Wildman–Crippen LogP) is 0.384. The average molecular weight is 248 g/mol. The van der Waals surface area contributed by atoms with Gasteiger partial charge in [-0.25, -0.2) is 8.78 Å². The summed E-state index contributed by atoms with van der Waals surface area (Å²) in [7, 11) is 0. The lowest BCUT2D eigenvalue weighted by Gasteiger charge is -2.37. The Morgan fingerprint density at radius 3 is 3.12 bits per heavy atom. The van der Waals surface area contributed by atoms with E-state index in [0.717, 1.165) is 19.9 Å². The number of hydrogen-bond donors (Lipinski definition) is 2. The molecule has 0 saturated carbocycles. The summed E-state index contributed by atoms with van der Waals surface area (Å²) in [4.78, 5) is 12.1. The Labute approximate surface area is 99.1 Å². The van der Waals surface area contributed by atoms with Gasteiger partial charge in [0.25, 0.3) is 5.92 Å². The maximum Gasteiger partial charge on any atom is 0.262 e. The van der Waals surface area contributed by atoms with E-state index >= 15 is 0 Å². The van der Waals surface area contributed by atoms with Gasteiger partial charge < -0.3 is 15.4 Å². The molecule has 6 heteroatoms. The minimum atomic E-state index is -2.87. The van der Waals surface area contributed by atoms with Crippen LogP contribution in [-0.4, -0.2) is 44.7 Å². The zero-order valence-corrected chi connectivity index (χ0v) is 9.89. The van der Waals surface area contributed by atoms with E-state index in [1.54, 1.807) is 0 Å². The molecule has 2 aliphatic heterocycles. The van der Waals surface area contributed by atoms with Gasteiger partial charge in [-0.05, 0) is 18.9 Å². The SMILES string of the molecule is CC(F)(F)CNC(=O)[C@]12CNC[C@H]1CCOC2. The summed E-state index contributed by atoms with van der Waals surface area (Å²) in [5.41, 5.74) is -0.649. The van der Waals surface area contributed by atoms with Crippen molar-refractivity contribution in [1.29, 1.82) is 0 Å². The second-order valence-corrected chi connectivity index (χ2v) is 5.08. The van der Waals surface area contributed by atoms with Crippen LogP contribution in [0.5, 0.6) is 0 Å². The van der Waals surface area contributed by atoms with E-state index in [0.29, 0.717) is 19.8 Å². The first-order valence-electron chi connectivity index (χ1n) is 5.89. The number of carbonyl (C=O) groups is 1. The Kier molecular flexibility index (Phi) is 3.36. The van der Waals surface area contributed by atoms with Crippen LogP contribution in [0.2, 0.25) is 0 Å². The Hall–Kier alpha value is -0.750. The van der Waals surface area contributed by atoms with Crippen molar-refractivity contribution < 1.29 is 18.3 Å². The highest BCUT2D eigenvalue weighted by molar-refractivity contribution is 5.84. The lowest BCUT2D eigenvalue weighted by Crippen LogP contribution is -2.53. The minimum Gasteiger partial charge on any atom is -0.380 e. The van der Waals surface area contributed by atoms with Crippen LogP contribution in [0.15, 0.2) is 0 Å². The van der Waals surface area contributed by atoms with Crippen LogP contribution < -0.4 is 10.6 Å². The summed E-state index contributed by atoms with van der Waals surface area (Å²) in [6, 6.07) is 0. The van der Waals surface area contributed by atoms with Crippen molar-refractivity contribution in [3.63, 3.8) is 0 Å². The fourth-order valence-electron chi connectivity index (χ4n) is 2.58. The first-order valence-corrected chi connectivity index (χ1v) is 5.89. The molecule has 0 aromatic heterocycles. The maximum absolute atomic E-state index is 12.7. The lowest BCUT2D eigenvalue weighted by molar-refractivity contribution is -0.142. The quantitative estimate of drug-likeness (QED) is 0.759. The van der Waals surface area contributed by atoms with Gasteiger partial charge in [0, 0.05) is 20.1 Å². The van der Waals surface area contributed by atoms with E-state index in [1.165, 1.54) is 0 Å². The van der Waals surface area contributed by atoms with Crippen LogP contribution in [-0.2, 0) is 9.53 Å². The van der Waals surface area contributed by atoms with Gasteiger partial charge in [-0.3, -0.25) is 4.79 Å². The zero-order valence-electron chi connectivity index (χ0n) is 9.89. The van der Waals surface area contributed by atoms with Gasteiger partial charge in [0.2, 0.25) is 5.91 Å². The molecule has 1 amide bonds. The van der Waals surface area contributed by atoms with Crippen molar-refractivity contribution in [2.45, 2.75) is 19.3 Å². The molecule has 17 heavy (non-hydrogen) atoms. The summed E-state index contributed by atoms with van der Waals surface area (Å²) >= 11 is 0. The van der Waals surface area contributed by atoms with Crippen LogP contribution in [0, 0.1) is 11.3 Å². The Morgan fingerprint density at radius 2 is 2.41 bits per heavy atom. The molecule has 0 unspecified atom stereocenters. The van der Waals surface area contributed by atoms with Crippen molar-refractivity contribution >= 4 is 5.91 Å². The molecule has 98 valence electrons. The average Bonchev–Trinajstić information content (AvgIpc) is 2.69. The summed E-state index contributed by atoms with van der Waals surface area (Å²) in [6.45, 7) is 2.43. The highest BCUT2D eigenvalue weighted by Gasteiger charge is 2.51. The zero-order chi connectivity index (χ0) is 12.5. The number of nitrogens with one attached hydrogen (secondary N) is 2. The molecule has 2 N–H and O–H groups in total. The number of hydrogen-bond acceptors (Lipinski definition) is 3. The summed E-state index contributed by atoms with van der Waals surface area (Å²) in [5, 5.41) is 5.50. The second kappa shape index (κ2) is 4.49. The molecule has 0 aromatic rings. The lowest BCUT2D eigenvalue weighted by atomic mass is 9.75. The normalized spacial score (nSPS) is 33.2. The minimum absolute atomic E-state index is 0.196. The van der Waals surface area contributed by atoms with Crippen LogP contribution in [0.4, 0.5) is 8.78 Å². The van der Waals surface area contributed by atoms with E-state index in [1.807, 2.05) is 0 Å². The second-order valence-electron chi connectivity index (χ2n) is 5.08. The Bertz CT molecular complexity index is 306. The fourth-order valence-corrected chi connectivity index (χ4v) is 2.58. The van der Waals surface area contributed by atoms with E-state index in [2.05, 4.69) is 10.6 Å². The smallest absolute Gasteiger partial charge is 0.262 e. The molecule has 0 spiro atoms. The highest BCUT2D eigenvalue weighted by Crippen LogP contribution is 2.37. The number of carbonyl (C=O) groups excluding carboxylic acids is 1. The van der Waals surface area contributed by atoms with Crippen LogP contribution >= 0.6 is 0 Å². The van der Waals surface area contributed by atoms with Crippen LogP contribution in [0.3, 0.4) is 0 Å². The van der Waals surface area contributed by atoms with Crippen molar-refractivity contribution in [3.05, 3.63) is 0 Å². The van der Waals surface area contributed by atoms with E-state index in [9.17, 15) is 13.6 Å². The van der Waals surface area contributed by atoms with Gasteiger partial charge in [0.15, 0.2) is 0 Å². The molecule has 2 saturated heterocycles. The van der Waals surface area contributed by atoms with Crippen molar-refractivity contribution in [3.8, 4) is 0 Å². The van der Waals surface area contributed by atoms with Gasteiger partial charge in [-0.15, -0.1) is 0 Å². The third kappa shape index (κ3) is 2.57. The Balaban J connectivity index is 2.01. The number of rotatable bonds is 3. The van der Waals surface area contributed by atoms with Gasteiger partial charge in [0.05, 0.1) is 18.6 Å². The standard InChI is InChI=1S/C11H18F2N2O2/c1-10(12,13)5-15-9(16)11-6-14-4-8(11)2-3-17-7-11/h8,14H,2-7H2,1H3,(H,15,16)/t8-,11+/m1/s1. The molecule has 0 bridgehead atoms. The molecular formula is C11H18F2N2O2. The molecule has 4 nitrogen and oxygen atoms in total. The number of halogens is 2. The molecular weight excluding hydrogens is 230 g/mol. The Morgan fingerprint density at radius 1 is 1.65 bits per heavy atom. The van der Waals surface area contributed by atoms with E-state index < -0.39 is 17.9 Å². The first-order chi connectivity index (χ1) is 7.94. The molecule has 2 atom stereocenters. The largest absolute Gasteiger partial charge is 0.380 e. The molecule has 2 fully saturated rings. The molecule has 0 radical (unpaired) electrons. The summed E-state index contributed by atoms with van der Waals surface area (Å²) in [6.07, 6.45) is 0.808. The fraction of sp³-hybridized carbons (Fsp3) is 0.909. The number of fused-ring (bicyclic) bond motifs is 1. The highest BCUT2D eigenvalue weighted by atomic mass is 19.3. The molecule has 0 aliphatic carbocycles. The molecule has 0 aromatic carbocycles. The van der Waals surface area contributed by atoms with Crippen molar-refractivity contribution in [2.75, 3.05) is 32.8 Å². The van der Waals surface area contributed by atoms with Gasteiger partial charge in [-0.1, -0.05) is 0 Å². The summed E-state index contributed by atoms with van der Waals surface area (Å²) in [5.74, 6) is -2.99. The third-order valence-electron chi connectivity index (χ3n) is 3.59. The number of amides is 1. The monoisotopic (exact) mass is 248 g/mol. The van der Waals surface area contributed by atoms with Crippen molar-refractivity contribution in [2.24, 2.45) is 11.3 Å². The van der Waals surface area contributed by atoms with E-state index in [-0.39, 0.29) is 11.8 Å². The number of ether oxygens (including phenoxy) is 1.